The highest BCUT2D eigenvalue weighted by molar-refractivity contribution is 5.86. The lowest BCUT2D eigenvalue weighted by Crippen LogP contribution is -2.33. The Bertz CT molecular complexity index is 930. The molecule has 0 unspecified atom stereocenters. The number of fused-ring (bicyclic) bond motifs is 2. The maximum absolute atomic E-state index is 6.03. The van der Waals surface area contributed by atoms with E-state index in [1.54, 1.807) is 0 Å². The summed E-state index contributed by atoms with van der Waals surface area (Å²) in [5.74, 6) is 1.77. The summed E-state index contributed by atoms with van der Waals surface area (Å²) >= 11 is 0. The Balaban J connectivity index is 1.80. The number of pyridine rings is 1. The number of ether oxygens (including phenoxy) is 1. The van der Waals surface area contributed by atoms with Crippen molar-refractivity contribution in [2.45, 2.75) is 19.9 Å². The number of anilines is 1. The molecule has 0 saturated carbocycles. The number of rotatable bonds is 3. The van der Waals surface area contributed by atoms with Gasteiger partial charge in [-0.3, -0.25) is 0 Å². The van der Waals surface area contributed by atoms with Gasteiger partial charge in [0, 0.05) is 31.7 Å². The molecule has 120 valence electrons. The molecule has 0 amide bonds. The number of para-hydroxylation sites is 3. The summed E-state index contributed by atoms with van der Waals surface area (Å²) in [7, 11) is 2.04. The fourth-order valence-electron chi connectivity index (χ4n) is 3.25. The lowest BCUT2D eigenvalue weighted by atomic mass is 10.1. The molecule has 4 rings (SSSR count). The number of nitrogens with zero attached hydrogens (tertiary/aromatic N) is 2. The van der Waals surface area contributed by atoms with Crippen LogP contribution in [0, 0.1) is 0 Å². The molecule has 2 aromatic carbocycles. The molecule has 2 heterocycles. The molecule has 24 heavy (non-hydrogen) atoms. The largest absolute Gasteiger partial charge is 0.439 e. The van der Waals surface area contributed by atoms with Crippen LogP contribution >= 0.6 is 0 Å². The number of benzene rings is 2. The first kappa shape index (κ1) is 14.8. The summed E-state index contributed by atoms with van der Waals surface area (Å²) in [5.41, 5.74) is 3.53. The molecule has 0 fully saturated rings. The van der Waals surface area contributed by atoms with Crippen LogP contribution in [-0.2, 0) is 6.54 Å². The highest BCUT2D eigenvalue weighted by Crippen LogP contribution is 2.38. The molecule has 0 saturated heterocycles. The van der Waals surface area contributed by atoms with Gasteiger partial charge in [-0.25, -0.2) is 0 Å². The van der Waals surface area contributed by atoms with Crippen molar-refractivity contribution < 1.29 is 9.30 Å². The van der Waals surface area contributed by atoms with Crippen LogP contribution in [0.4, 0.5) is 5.69 Å². The maximum atomic E-state index is 6.03. The summed E-state index contributed by atoms with van der Waals surface area (Å²) in [6, 6.07) is 18.8. The van der Waals surface area contributed by atoms with E-state index in [1.807, 2.05) is 25.2 Å². The second kappa shape index (κ2) is 6.00. The Labute approximate surface area is 142 Å². The third kappa shape index (κ3) is 2.42. The Morgan fingerprint density at radius 1 is 1.04 bits per heavy atom. The number of aromatic nitrogens is 1. The van der Waals surface area contributed by atoms with Gasteiger partial charge in [0.15, 0.2) is 11.9 Å². The average Bonchev–Trinajstić information content (AvgIpc) is 2.93. The predicted molar refractivity (Wildman–Crippen MR) is 97.9 cm³/mol. The molecule has 0 atom stereocenters. The van der Waals surface area contributed by atoms with E-state index in [2.05, 4.69) is 65.1 Å². The third-order valence-electron chi connectivity index (χ3n) is 4.47. The summed E-state index contributed by atoms with van der Waals surface area (Å²) in [6.45, 7) is 3.23. The predicted octanol–water partition coefficient (Wildman–Crippen LogP) is 4.36. The van der Waals surface area contributed by atoms with Gasteiger partial charge in [-0.1, -0.05) is 31.2 Å². The van der Waals surface area contributed by atoms with E-state index in [-0.39, 0.29) is 0 Å². The minimum Gasteiger partial charge on any atom is -0.439 e. The molecule has 0 spiro atoms. The van der Waals surface area contributed by atoms with Crippen LogP contribution in [0.25, 0.3) is 17.0 Å². The molecule has 1 aromatic heterocycles. The highest BCUT2D eigenvalue weighted by Gasteiger charge is 2.22. The zero-order valence-electron chi connectivity index (χ0n) is 14.1. The van der Waals surface area contributed by atoms with E-state index in [0.29, 0.717) is 0 Å². The van der Waals surface area contributed by atoms with Gasteiger partial charge in [0.2, 0.25) is 11.4 Å². The minimum absolute atomic E-state index is 0.856. The fraction of sp³-hybridized carbons (Fsp3) is 0.190. The van der Waals surface area contributed by atoms with E-state index in [0.717, 1.165) is 30.3 Å². The van der Waals surface area contributed by atoms with Crippen LogP contribution < -0.4 is 14.2 Å². The molecule has 3 nitrogen and oxygen atoms in total. The topological polar surface area (TPSA) is 16.4 Å². The van der Waals surface area contributed by atoms with E-state index in [4.69, 9.17) is 4.74 Å². The molecule has 0 radical (unpaired) electrons. The van der Waals surface area contributed by atoms with Gasteiger partial charge in [0.05, 0.1) is 11.1 Å². The van der Waals surface area contributed by atoms with Crippen molar-refractivity contribution in [3.8, 4) is 5.75 Å². The normalized spacial score (nSPS) is 14.9. The molecule has 0 aliphatic carbocycles. The summed E-state index contributed by atoms with van der Waals surface area (Å²) < 4.78 is 8.34. The molecule has 0 bridgehead atoms. The van der Waals surface area contributed by atoms with Gasteiger partial charge < -0.3 is 9.64 Å². The standard InChI is InChI=1S/C21H21N2O/c1-3-13-23-14-12-16(17-8-4-5-9-18(17)23)15-21-22(2)19-10-6-7-11-20(19)24-21/h4-12,14-15H,3,13H2,1-2H3/q+1. The molecule has 1 aliphatic rings. The molecule has 1 aliphatic heterocycles. The van der Waals surface area contributed by atoms with E-state index in [9.17, 15) is 0 Å². The Kier molecular flexibility index (Phi) is 3.69. The quantitative estimate of drug-likeness (QED) is 0.667. The monoisotopic (exact) mass is 317 g/mol. The van der Waals surface area contributed by atoms with E-state index < -0.39 is 0 Å². The SMILES string of the molecule is CCC[n+]1ccc(/C=C2/Oc3ccccc3N2C)c2ccccc21. The second-order valence-electron chi connectivity index (χ2n) is 6.09. The highest BCUT2D eigenvalue weighted by atomic mass is 16.5. The van der Waals surface area contributed by atoms with Crippen LogP contribution in [0.15, 0.2) is 66.7 Å². The Morgan fingerprint density at radius 3 is 2.67 bits per heavy atom. The first-order valence-corrected chi connectivity index (χ1v) is 8.41. The van der Waals surface area contributed by atoms with Crippen LogP contribution in [0.2, 0.25) is 0 Å². The molecule has 3 aromatic rings. The van der Waals surface area contributed by atoms with Gasteiger partial charge in [0.1, 0.15) is 6.54 Å². The number of hydrogen-bond acceptors (Lipinski definition) is 2. The second-order valence-corrected chi connectivity index (χ2v) is 6.09. The van der Waals surface area contributed by atoms with Crippen molar-refractivity contribution in [1.29, 1.82) is 0 Å². The third-order valence-corrected chi connectivity index (χ3v) is 4.47. The Hall–Kier alpha value is -2.81. The van der Waals surface area contributed by atoms with Crippen molar-refractivity contribution in [3.63, 3.8) is 0 Å². The number of aryl methyl sites for hydroxylation is 1. The first-order valence-electron chi connectivity index (χ1n) is 8.41. The average molecular weight is 317 g/mol. The van der Waals surface area contributed by atoms with E-state index >= 15 is 0 Å². The fourth-order valence-corrected chi connectivity index (χ4v) is 3.25. The molecular formula is C21H21N2O+. The molecular weight excluding hydrogens is 296 g/mol. The van der Waals surface area contributed by atoms with Crippen LogP contribution in [0.3, 0.4) is 0 Å². The summed E-state index contributed by atoms with van der Waals surface area (Å²) in [6.07, 6.45) is 5.41. The zero-order valence-corrected chi connectivity index (χ0v) is 14.1. The van der Waals surface area contributed by atoms with Crippen molar-refractivity contribution in [2.24, 2.45) is 0 Å². The van der Waals surface area contributed by atoms with Gasteiger partial charge >= 0.3 is 0 Å². The van der Waals surface area contributed by atoms with Crippen molar-refractivity contribution in [3.05, 3.63) is 72.2 Å². The first-order chi connectivity index (χ1) is 11.8. The summed E-state index contributed by atoms with van der Waals surface area (Å²) in [4.78, 5) is 2.09. The van der Waals surface area contributed by atoms with Crippen molar-refractivity contribution in [1.82, 2.24) is 0 Å². The van der Waals surface area contributed by atoms with E-state index in [1.165, 1.54) is 16.5 Å². The summed E-state index contributed by atoms with van der Waals surface area (Å²) in [5, 5.41) is 1.24. The van der Waals surface area contributed by atoms with Crippen LogP contribution in [-0.4, -0.2) is 7.05 Å². The van der Waals surface area contributed by atoms with Gasteiger partial charge in [-0.05, 0) is 23.8 Å². The zero-order chi connectivity index (χ0) is 16.5. The van der Waals surface area contributed by atoms with Gasteiger partial charge in [-0.15, -0.1) is 0 Å². The Morgan fingerprint density at radius 2 is 1.83 bits per heavy atom. The smallest absolute Gasteiger partial charge is 0.213 e. The molecule has 3 heteroatoms. The van der Waals surface area contributed by atoms with Crippen LogP contribution in [0.1, 0.15) is 18.9 Å². The lowest BCUT2D eigenvalue weighted by molar-refractivity contribution is -0.671. The maximum Gasteiger partial charge on any atom is 0.213 e. The number of hydrogen-bond donors (Lipinski definition) is 0. The lowest BCUT2D eigenvalue weighted by Gasteiger charge is -2.11. The van der Waals surface area contributed by atoms with Crippen LogP contribution in [0.5, 0.6) is 5.75 Å². The van der Waals surface area contributed by atoms with Gasteiger partial charge in [0.25, 0.3) is 0 Å². The van der Waals surface area contributed by atoms with Gasteiger partial charge in [-0.2, -0.15) is 4.57 Å². The minimum atomic E-state index is 0.856. The van der Waals surface area contributed by atoms with Crippen molar-refractivity contribution >= 4 is 22.7 Å². The van der Waals surface area contributed by atoms with Crippen molar-refractivity contribution in [2.75, 3.05) is 11.9 Å². The molecule has 0 N–H and O–H groups in total.